The van der Waals surface area contributed by atoms with Gasteiger partial charge in [-0.3, -0.25) is 9.59 Å². The van der Waals surface area contributed by atoms with E-state index in [1.807, 2.05) is 12.1 Å². The van der Waals surface area contributed by atoms with Crippen LogP contribution in [-0.2, 0) is 20.7 Å². The van der Waals surface area contributed by atoms with Crippen molar-refractivity contribution in [2.24, 2.45) is 0 Å². The normalized spacial score (nSPS) is 11.0. The van der Waals surface area contributed by atoms with Crippen molar-refractivity contribution in [2.45, 2.75) is 52.2 Å². The molecule has 6 nitrogen and oxygen atoms in total. The van der Waals surface area contributed by atoms with E-state index in [1.54, 1.807) is 6.07 Å². The molecular formula is C17H24O6. The zero-order valence-electron chi connectivity index (χ0n) is 14.0. The Morgan fingerprint density at radius 3 is 2.35 bits per heavy atom. The molecule has 1 rings (SSSR count). The molecule has 1 aromatic rings. The summed E-state index contributed by atoms with van der Waals surface area (Å²) >= 11 is 0. The molecule has 0 saturated heterocycles. The highest BCUT2D eigenvalue weighted by Crippen LogP contribution is 2.29. The van der Waals surface area contributed by atoms with Gasteiger partial charge in [0.25, 0.3) is 0 Å². The predicted molar refractivity (Wildman–Crippen MR) is 84.2 cm³/mol. The molecule has 0 heterocycles. The number of carbonyl (C=O) groups is 2. The average Bonchev–Trinajstić information content (AvgIpc) is 2.45. The first-order chi connectivity index (χ1) is 10.7. The minimum atomic E-state index is -1.56. The molecule has 0 aliphatic heterocycles. The van der Waals surface area contributed by atoms with Crippen LogP contribution in [0.1, 0.15) is 45.6 Å². The summed E-state index contributed by atoms with van der Waals surface area (Å²) in [6.07, 6.45) is 1.60. The standard InChI is InChI=1S/C17H24O6/c1-5-6-12-7-8-13(14(11-12)21-4)22-15(18)9-10-16(19)23-17(2,3)20/h7-8,11,20H,5-6,9-10H2,1-4H3. The van der Waals surface area contributed by atoms with Crippen molar-refractivity contribution in [3.05, 3.63) is 23.8 Å². The van der Waals surface area contributed by atoms with E-state index in [9.17, 15) is 14.7 Å². The molecule has 23 heavy (non-hydrogen) atoms. The van der Waals surface area contributed by atoms with E-state index < -0.39 is 17.7 Å². The Morgan fingerprint density at radius 1 is 1.13 bits per heavy atom. The Balaban J connectivity index is 2.58. The number of carbonyl (C=O) groups excluding carboxylic acids is 2. The molecule has 0 bridgehead atoms. The highest BCUT2D eigenvalue weighted by atomic mass is 16.7. The van der Waals surface area contributed by atoms with Gasteiger partial charge >= 0.3 is 11.9 Å². The van der Waals surface area contributed by atoms with Gasteiger partial charge in [-0.15, -0.1) is 0 Å². The van der Waals surface area contributed by atoms with Crippen LogP contribution in [0.15, 0.2) is 18.2 Å². The number of benzene rings is 1. The van der Waals surface area contributed by atoms with Crippen molar-refractivity contribution in [3.63, 3.8) is 0 Å². The van der Waals surface area contributed by atoms with Gasteiger partial charge in [-0.05, 0) is 24.1 Å². The molecule has 0 saturated carbocycles. The summed E-state index contributed by atoms with van der Waals surface area (Å²) in [5.74, 6) is -2.00. The van der Waals surface area contributed by atoms with Gasteiger partial charge in [-0.2, -0.15) is 0 Å². The number of esters is 2. The molecule has 0 atom stereocenters. The third-order valence-electron chi connectivity index (χ3n) is 2.89. The number of rotatable bonds is 8. The zero-order chi connectivity index (χ0) is 17.5. The molecular weight excluding hydrogens is 300 g/mol. The maximum Gasteiger partial charge on any atom is 0.311 e. The number of aryl methyl sites for hydroxylation is 1. The number of hydrogen-bond donors (Lipinski definition) is 1. The van der Waals surface area contributed by atoms with Gasteiger partial charge in [0.15, 0.2) is 11.5 Å². The largest absolute Gasteiger partial charge is 0.493 e. The van der Waals surface area contributed by atoms with Crippen LogP contribution in [0.25, 0.3) is 0 Å². The van der Waals surface area contributed by atoms with Crippen molar-refractivity contribution in [2.75, 3.05) is 7.11 Å². The van der Waals surface area contributed by atoms with Gasteiger partial charge in [-0.25, -0.2) is 0 Å². The highest BCUT2D eigenvalue weighted by Gasteiger charge is 2.20. The van der Waals surface area contributed by atoms with E-state index in [2.05, 4.69) is 6.92 Å². The van der Waals surface area contributed by atoms with Crippen LogP contribution < -0.4 is 9.47 Å². The Kier molecular flexibility index (Phi) is 7.03. The maximum absolute atomic E-state index is 11.8. The lowest BCUT2D eigenvalue weighted by Crippen LogP contribution is -2.27. The van der Waals surface area contributed by atoms with E-state index in [0.717, 1.165) is 18.4 Å². The van der Waals surface area contributed by atoms with Gasteiger partial charge in [-0.1, -0.05) is 19.4 Å². The second-order valence-corrected chi connectivity index (χ2v) is 5.63. The predicted octanol–water partition coefficient (Wildman–Crippen LogP) is 2.60. The minimum absolute atomic E-state index is 0.144. The summed E-state index contributed by atoms with van der Waals surface area (Å²) < 4.78 is 15.1. The smallest absolute Gasteiger partial charge is 0.311 e. The summed E-state index contributed by atoms with van der Waals surface area (Å²) in [5, 5.41) is 9.35. The third kappa shape index (κ3) is 7.15. The van der Waals surface area contributed by atoms with Crippen LogP contribution in [0.2, 0.25) is 0 Å². The zero-order valence-corrected chi connectivity index (χ0v) is 14.0. The van der Waals surface area contributed by atoms with Gasteiger partial charge in [0.1, 0.15) is 0 Å². The first kappa shape index (κ1) is 19.0. The number of aliphatic hydroxyl groups is 1. The molecule has 0 fully saturated rings. The lowest BCUT2D eigenvalue weighted by atomic mass is 10.1. The monoisotopic (exact) mass is 324 g/mol. The van der Waals surface area contributed by atoms with Crippen molar-refractivity contribution < 1.29 is 28.9 Å². The fraction of sp³-hybridized carbons (Fsp3) is 0.529. The lowest BCUT2D eigenvalue weighted by Gasteiger charge is -2.17. The maximum atomic E-state index is 11.8. The van der Waals surface area contributed by atoms with Crippen LogP contribution in [0.4, 0.5) is 0 Å². The summed E-state index contributed by atoms with van der Waals surface area (Å²) in [6, 6.07) is 5.38. The fourth-order valence-corrected chi connectivity index (χ4v) is 1.95. The summed E-state index contributed by atoms with van der Waals surface area (Å²) in [7, 11) is 1.50. The molecule has 0 unspecified atom stereocenters. The first-order valence-corrected chi connectivity index (χ1v) is 7.57. The van der Waals surface area contributed by atoms with Crippen LogP contribution >= 0.6 is 0 Å². The summed E-state index contributed by atoms with van der Waals surface area (Å²) in [6.45, 7) is 4.76. The molecule has 0 spiro atoms. The van der Waals surface area contributed by atoms with Gasteiger partial charge in [0.05, 0.1) is 20.0 Å². The topological polar surface area (TPSA) is 82.1 Å². The van der Waals surface area contributed by atoms with Crippen molar-refractivity contribution in [1.82, 2.24) is 0 Å². The minimum Gasteiger partial charge on any atom is -0.493 e. The molecule has 0 aliphatic carbocycles. The Bertz CT molecular complexity index is 545. The third-order valence-corrected chi connectivity index (χ3v) is 2.89. The molecule has 0 aromatic heterocycles. The quantitative estimate of drug-likeness (QED) is 0.450. The second kappa shape index (κ2) is 8.53. The molecule has 6 heteroatoms. The second-order valence-electron chi connectivity index (χ2n) is 5.63. The highest BCUT2D eigenvalue weighted by molar-refractivity contribution is 5.79. The van der Waals surface area contributed by atoms with E-state index in [0.29, 0.717) is 11.5 Å². The summed E-state index contributed by atoms with van der Waals surface area (Å²) in [5.41, 5.74) is 1.10. The van der Waals surface area contributed by atoms with Gasteiger partial charge in [0.2, 0.25) is 5.79 Å². The van der Waals surface area contributed by atoms with Gasteiger partial charge in [0, 0.05) is 13.8 Å². The Morgan fingerprint density at radius 2 is 1.78 bits per heavy atom. The summed E-state index contributed by atoms with van der Waals surface area (Å²) in [4.78, 5) is 23.3. The molecule has 128 valence electrons. The van der Waals surface area contributed by atoms with Gasteiger partial charge < -0.3 is 19.3 Å². The van der Waals surface area contributed by atoms with E-state index >= 15 is 0 Å². The van der Waals surface area contributed by atoms with E-state index in [1.165, 1.54) is 21.0 Å². The Labute approximate surface area is 136 Å². The molecule has 1 aromatic carbocycles. The van der Waals surface area contributed by atoms with Crippen LogP contribution in [0.3, 0.4) is 0 Å². The average molecular weight is 324 g/mol. The molecule has 0 radical (unpaired) electrons. The number of ether oxygens (including phenoxy) is 3. The van der Waals surface area contributed by atoms with Crippen LogP contribution in [0, 0.1) is 0 Å². The van der Waals surface area contributed by atoms with Crippen molar-refractivity contribution >= 4 is 11.9 Å². The molecule has 0 amide bonds. The SMILES string of the molecule is CCCc1ccc(OC(=O)CCC(=O)OC(C)(C)O)c(OC)c1. The Hall–Kier alpha value is -2.08. The fourth-order valence-electron chi connectivity index (χ4n) is 1.95. The van der Waals surface area contributed by atoms with Crippen molar-refractivity contribution in [1.29, 1.82) is 0 Å². The van der Waals surface area contributed by atoms with Crippen molar-refractivity contribution in [3.8, 4) is 11.5 Å². The first-order valence-electron chi connectivity index (χ1n) is 7.57. The molecule has 1 N–H and O–H groups in total. The molecule has 0 aliphatic rings. The van der Waals surface area contributed by atoms with E-state index in [-0.39, 0.29) is 12.8 Å². The number of methoxy groups -OCH3 is 1. The number of hydrogen-bond acceptors (Lipinski definition) is 6. The lowest BCUT2D eigenvalue weighted by molar-refractivity contribution is -0.195. The van der Waals surface area contributed by atoms with E-state index in [4.69, 9.17) is 14.2 Å². The van der Waals surface area contributed by atoms with Crippen LogP contribution in [0.5, 0.6) is 11.5 Å². The van der Waals surface area contributed by atoms with Crippen LogP contribution in [-0.4, -0.2) is 29.9 Å².